The maximum atomic E-state index is 5.92. The van der Waals surface area contributed by atoms with Crippen molar-refractivity contribution in [3.8, 4) is 11.5 Å². The van der Waals surface area contributed by atoms with E-state index in [2.05, 4.69) is 22.4 Å². The van der Waals surface area contributed by atoms with Crippen molar-refractivity contribution in [1.29, 1.82) is 0 Å². The van der Waals surface area contributed by atoms with E-state index in [4.69, 9.17) is 14.2 Å². The normalized spacial score (nSPS) is 23.2. The van der Waals surface area contributed by atoms with E-state index in [1.165, 1.54) is 5.56 Å². The van der Waals surface area contributed by atoms with Gasteiger partial charge in [-0.05, 0) is 30.5 Å². The molecule has 2 unspecified atom stereocenters. The molecule has 6 nitrogen and oxygen atoms in total. The van der Waals surface area contributed by atoms with E-state index in [1.807, 2.05) is 30.2 Å². The number of hydrogen-bond donors (Lipinski definition) is 1. The van der Waals surface area contributed by atoms with Gasteiger partial charge in [0.2, 0.25) is 0 Å². The van der Waals surface area contributed by atoms with Gasteiger partial charge in [0.25, 0.3) is 0 Å². The number of benzene rings is 1. The fourth-order valence-electron chi connectivity index (χ4n) is 3.33. The molecule has 2 aliphatic heterocycles. The highest BCUT2D eigenvalue weighted by Crippen LogP contribution is 2.31. The third-order valence-electron chi connectivity index (χ3n) is 4.67. The minimum absolute atomic E-state index is 0.115. The van der Waals surface area contributed by atoms with Gasteiger partial charge in [-0.3, -0.25) is 0 Å². The Morgan fingerprint density at radius 1 is 1.21 bits per heavy atom. The molecule has 1 aromatic heterocycles. The molecule has 1 N–H and O–H groups in total. The molecule has 2 atom stereocenters. The van der Waals surface area contributed by atoms with Gasteiger partial charge < -0.3 is 24.1 Å². The summed E-state index contributed by atoms with van der Waals surface area (Å²) in [5, 5.41) is 3.65. The molecule has 2 aliphatic rings. The highest BCUT2D eigenvalue weighted by atomic mass is 16.6. The van der Waals surface area contributed by atoms with Gasteiger partial charge in [-0.1, -0.05) is 6.07 Å². The molecule has 4 rings (SSSR count). The second-order valence-electron chi connectivity index (χ2n) is 6.37. The van der Waals surface area contributed by atoms with Crippen LogP contribution >= 0.6 is 0 Å². The van der Waals surface area contributed by atoms with Gasteiger partial charge in [0.1, 0.15) is 19.3 Å². The molecule has 0 amide bonds. The van der Waals surface area contributed by atoms with Gasteiger partial charge in [0, 0.05) is 26.2 Å². The summed E-state index contributed by atoms with van der Waals surface area (Å²) in [6.45, 7) is 2.84. The lowest BCUT2D eigenvalue weighted by atomic mass is 10.0. The van der Waals surface area contributed by atoms with E-state index in [9.17, 15) is 0 Å². The van der Waals surface area contributed by atoms with Crippen LogP contribution in [-0.4, -0.2) is 35.4 Å². The molecule has 128 valence electrons. The monoisotopic (exact) mass is 329 g/mol. The maximum absolute atomic E-state index is 5.92. The Kier molecular flexibility index (Phi) is 4.40. The third-order valence-corrected chi connectivity index (χ3v) is 4.67. The summed E-state index contributed by atoms with van der Waals surface area (Å²) >= 11 is 0. The molecule has 1 aromatic carbocycles. The van der Waals surface area contributed by atoms with Gasteiger partial charge >= 0.3 is 0 Å². The van der Waals surface area contributed by atoms with E-state index in [-0.39, 0.29) is 6.10 Å². The van der Waals surface area contributed by atoms with Crippen molar-refractivity contribution in [2.24, 2.45) is 7.05 Å². The molecule has 24 heavy (non-hydrogen) atoms. The van der Waals surface area contributed by atoms with E-state index in [0.717, 1.165) is 43.2 Å². The summed E-state index contributed by atoms with van der Waals surface area (Å²) in [4.78, 5) is 4.19. The van der Waals surface area contributed by atoms with Gasteiger partial charge in [-0.25, -0.2) is 4.98 Å². The number of hydrogen-bond acceptors (Lipinski definition) is 5. The second kappa shape index (κ2) is 6.83. The van der Waals surface area contributed by atoms with E-state index >= 15 is 0 Å². The van der Waals surface area contributed by atoms with Gasteiger partial charge in [0.15, 0.2) is 11.5 Å². The van der Waals surface area contributed by atoms with E-state index in [1.54, 1.807) is 0 Å². The topological polar surface area (TPSA) is 57.5 Å². The summed E-state index contributed by atoms with van der Waals surface area (Å²) in [6.07, 6.45) is 5.82. The van der Waals surface area contributed by atoms with Gasteiger partial charge in [0.05, 0.1) is 18.2 Å². The number of aryl methyl sites for hydroxylation is 1. The van der Waals surface area contributed by atoms with Crippen molar-refractivity contribution >= 4 is 0 Å². The van der Waals surface area contributed by atoms with Crippen molar-refractivity contribution in [1.82, 2.24) is 14.9 Å². The smallest absolute Gasteiger partial charge is 0.161 e. The maximum Gasteiger partial charge on any atom is 0.161 e. The van der Waals surface area contributed by atoms with Crippen LogP contribution in [0.25, 0.3) is 0 Å². The number of fused-ring (bicyclic) bond motifs is 1. The molecule has 3 heterocycles. The highest BCUT2D eigenvalue weighted by molar-refractivity contribution is 5.43. The Morgan fingerprint density at radius 2 is 2.08 bits per heavy atom. The summed E-state index contributed by atoms with van der Waals surface area (Å²) in [6, 6.07) is 6.60. The lowest BCUT2D eigenvalue weighted by molar-refractivity contribution is -0.00404. The van der Waals surface area contributed by atoms with Crippen molar-refractivity contribution in [2.75, 3.05) is 19.8 Å². The quantitative estimate of drug-likeness (QED) is 0.932. The van der Waals surface area contributed by atoms with Crippen LogP contribution in [0.4, 0.5) is 0 Å². The molecule has 0 saturated carbocycles. The number of nitrogens with zero attached hydrogens (tertiary/aromatic N) is 2. The van der Waals surface area contributed by atoms with E-state index in [0.29, 0.717) is 19.3 Å². The van der Waals surface area contributed by atoms with Crippen molar-refractivity contribution in [2.45, 2.75) is 31.5 Å². The first-order valence-corrected chi connectivity index (χ1v) is 8.49. The number of ether oxygens (including phenoxy) is 3. The summed E-state index contributed by atoms with van der Waals surface area (Å²) in [7, 11) is 2.01. The van der Waals surface area contributed by atoms with Crippen LogP contribution in [0.1, 0.15) is 30.2 Å². The molecule has 1 saturated heterocycles. The van der Waals surface area contributed by atoms with Crippen LogP contribution in [0.5, 0.6) is 11.5 Å². The highest BCUT2D eigenvalue weighted by Gasteiger charge is 2.25. The molecule has 0 radical (unpaired) electrons. The third kappa shape index (κ3) is 3.25. The molecule has 0 aliphatic carbocycles. The SMILES string of the molecule is Cn1cncc1C1CC(NCc2ccc3c(c2)OCCO3)CCO1. The molecule has 1 fully saturated rings. The van der Waals surface area contributed by atoms with Crippen molar-refractivity contribution < 1.29 is 14.2 Å². The summed E-state index contributed by atoms with van der Waals surface area (Å²) in [5.74, 6) is 1.69. The van der Waals surface area contributed by atoms with Crippen molar-refractivity contribution in [3.63, 3.8) is 0 Å². The molecule has 2 aromatic rings. The lowest BCUT2D eigenvalue weighted by Crippen LogP contribution is -2.36. The largest absolute Gasteiger partial charge is 0.486 e. The average molecular weight is 329 g/mol. The Labute approximate surface area is 141 Å². The Balaban J connectivity index is 1.36. The predicted octanol–water partition coefficient (Wildman–Crippen LogP) is 2.20. The Bertz CT molecular complexity index is 701. The van der Waals surface area contributed by atoms with Crippen LogP contribution in [-0.2, 0) is 18.3 Å². The van der Waals surface area contributed by atoms with Crippen LogP contribution < -0.4 is 14.8 Å². The number of nitrogens with one attached hydrogen (secondary N) is 1. The fourth-order valence-corrected chi connectivity index (χ4v) is 3.33. The predicted molar refractivity (Wildman–Crippen MR) is 89.2 cm³/mol. The average Bonchev–Trinajstić information content (AvgIpc) is 3.06. The van der Waals surface area contributed by atoms with E-state index < -0.39 is 0 Å². The van der Waals surface area contributed by atoms with Crippen LogP contribution in [0.15, 0.2) is 30.7 Å². The first-order valence-electron chi connectivity index (χ1n) is 8.49. The first kappa shape index (κ1) is 15.5. The van der Waals surface area contributed by atoms with Gasteiger partial charge in [-0.15, -0.1) is 0 Å². The molecule has 0 bridgehead atoms. The standard InChI is InChI=1S/C18H23N3O3/c1-21-12-19-11-15(21)17-9-14(4-5-22-17)20-10-13-2-3-16-18(8-13)24-7-6-23-16/h2-3,8,11-12,14,17,20H,4-7,9-10H2,1H3. The zero-order valence-corrected chi connectivity index (χ0v) is 13.9. The summed E-state index contributed by atoms with van der Waals surface area (Å²) < 4.78 is 19.2. The minimum atomic E-state index is 0.115. The van der Waals surface area contributed by atoms with Gasteiger partial charge in [-0.2, -0.15) is 0 Å². The number of aromatic nitrogens is 2. The minimum Gasteiger partial charge on any atom is -0.486 e. The molecule has 6 heteroatoms. The first-order chi connectivity index (χ1) is 11.8. The van der Waals surface area contributed by atoms with Crippen LogP contribution in [0.2, 0.25) is 0 Å². The van der Waals surface area contributed by atoms with Crippen LogP contribution in [0.3, 0.4) is 0 Å². The Hall–Kier alpha value is -2.05. The van der Waals surface area contributed by atoms with Crippen LogP contribution in [0, 0.1) is 0 Å². The number of rotatable bonds is 4. The van der Waals surface area contributed by atoms with Crippen molar-refractivity contribution in [3.05, 3.63) is 42.0 Å². The molecule has 0 spiro atoms. The number of imidazole rings is 1. The Morgan fingerprint density at radius 3 is 2.92 bits per heavy atom. The zero-order valence-electron chi connectivity index (χ0n) is 13.9. The summed E-state index contributed by atoms with van der Waals surface area (Å²) in [5.41, 5.74) is 2.35. The molecular formula is C18H23N3O3. The fraction of sp³-hybridized carbons (Fsp3) is 0.500. The lowest BCUT2D eigenvalue weighted by Gasteiger charge is -2.30. The zero-order chi connectivity index (χ0) is 16.4. The second-order valence-corrected chi connectivity index (χ2v) is 6.37. The molecular weight excluding hydrogens is 306 g/mol.